The number of carbonyl (C=O) groups is 1. The molecule has 0 bridgehead atoms. The molecule has 1 rings (SSSR count). The summed E-state index contributed by atoms with van der Waals surface area (Å²) in [6, 6.07) is 0.389. The van der Waals surface area contributed by atoms with Gasteiger partial charge in [-0.25, -0.2) is 4.98 Å². The highest BCUT2D eigenvalue weighted by molar-refractivity contribution is 7.17. The minimum atomic E-state index is 0.389. The molecule has 0 aliphatic heterocycles. The van der Waals surface area contributed by atoms with Crippen molar-refractivity contribution in [3.05, 3.63) is 10.6 Å². The van der Waals surface area contributed by atoms with E-state index in [1.807, 2.05) is 6.92 Å². The molecule has 0 saturated heterocycles. The van der Waals surface area contributed by atoms with Gasteiger partial charge in [-0.05, 0) is 34.4 Å². The average Bonchev–Trinajstić information content (AvgIpc) is 2.72. The Bertz CT molecular complexity index is 390. The molecule has 0 N–H and O–H groups in total. The predicted octanol–water partition coefficient (Wildman–Crippen LogP) is 2.29. The van der Waals surface area contributed by atoms with Crippen molar-refractivity contribution in [2.75, 3.05) is 32.1 Å². The summed E-state index contributed by atoms with van der Waals surface area (Å²) in [7, 11) is 4.14. The Hall–Kier alpha value is -0.940. The largest absolute Gasteiger partial charge is 0.344 e. The summed E-state index contributed by atoms with van der Waals surface area (Å²) in [4.78, 5) is 20.8. The van der Waals surface area contributed by atoms with E-state index in [9.17, 15) is 4.79 Å². The fourth-order valence-corrected chi connectivity index (χ4v) is 3.22. The van der Waals surface area contributed by atoms with Gasteiger partial charge in [-0.15, -0.1) is 0 Å². The van der Waals surface area contributed by atoms with Gasteiger partial charge in [0.25, 0.3) is 0 Å². The highest BCUT2D eigenvalue weighted by Gasteiger charge is 2.19. The zero-order valence-corrected chi connectivity index (χ0v) is 12.8. The highest BCUT2D eigenvalue weighted by atomic mass is 32.1. The molecule has 0 aliphatic rings. The van der Waals surface area contributed by atoms with E-state index in [0.717, 1.165) is 41.5 Å². The van der Waals surface area contributed by atoms with Gasteiger partial charge >= 0.3 is 0 Å². The third-order valence-corrected chi connectivity index (χ3v) is 3.97. The number of thiazole rings is 1. The summed E-state index contributed by atoms with van der Waals surface area (Å²) in [6.07, 6.45) is 1.73. The number of rotatable bonds is 7. The van der Waals surface area contributed by atoms with Crippen molar-refractivity contribution in [1.29, 1.82) is 0 Å². The first kappa shape index (κ1) is 15.1. The number of anilines is 1. The zero-order chi connectivity index (χ0) is 13.7. The smallest absolute Gasteiger partial charge is 0.186 e. The topological polar surface area (TPSA) is 36.4 Å². The number of hydrogen-bond donors (Lipinski definition) is 0. The van der Waals surface area contributed by atoms with Crippen LogP contribution in [0.5, 0.6) is 0 Å². The monoisotopic (exact) mass is 269 g/mol. The molecule has 0 spiro atoms. The molecule has 1 atom stereocenters. The van der Waals surface area contributed by atoms with Gasteiger partial charge in [0, 0.05) is 19.1 Å². The molecule has 0 fully saturated rings. The van der Waals surface area contributed by atoms with E-state index in [-0.39, 0.29) is 0 Å². The van der Waals surface area contributed by atoms with Crippen LogP contribution in [-0.2, 0) is 6.42 Å². The van der Waals surface area contributed by atoms with Crippen molar-refractivity contribution in [2.24, 2.45) is 0 Å². The van der Waals surface area contributed by atoms with Crippen molar-refractivity contribution in [3.63, 3.8) is 0 Å². The van der Waals surface area contributed by atoms with E-state index < -0.39 is 0 Å². The first-order valence-corrected chi connectivity index (χ1v) is 7.21. The lowest BCUT2D eigenvalue weighted by Crippen LogP contribution is -2.40. The standard InChI is InChI=1S/C13H23N3OS/c1-6-11-12(9-17)18-13(14-11)16(7-2)10(3)8-15(4)5/h9-10H,6-8H2,1-5H3. The Morgan fingerprint density at radius 3 is 2.44 bits per heavy atom. The Kier molecular flexibility index (Phi) is 5.75. The number of aryl methyl sites for hydroxylation is 1. The predicted molar refractivity (Wildman–Crippen MR) is 77.9 cm³/mol. The minimum absolute atomic E-state index is 0.389. The number of likely N-dealkylation sites (N-methyl/N-ethyl adjacent to an activating group) is 2. The molecule has 1 aromatic heterocycles. The molecular formula is C13H23N3OS. The summed E-state index contributed by atoms with van der Waals surface area (Å²) in [5, 5.41) is 0.964. The van der Waals surface area contributed by atoms with Gasteiger partial charge in [-0.3, -0.25) is 4.79 Å². The Morgan fingerprint density at radius 1 is 1.39 bits per heavy atom. The minimum Gasteiger partial charge on any atom is -0.344 e. The van der Waals surface area contributed by atoms with Crippen LogP contribution in [-0.4, -0.2) is 49.4 Å². The molecule has 0 aliphatic carbocycles. The van der Waals surface area contributed by atoms with Crippen LogP contribution in [0.25, 0.3) is 0 Å². The van der Waals surface area contributed by atoms with Crippen molar-refractivity contribution < 1.29 is 4.79 Å². The Balaban J connectivity index is 2.94. The van der Waals surface area contributed by atoms with Gasteiger partial charge in [0.15, 0.2) is 11.4 Å². The molecular weight excluding hydrogens is 246 g/mol. The van der Waals surface area contributed by atoms with Crippen LogP contribution in [0.3, 0.4) is 0 Å². The number of hydrogen-bond acceptors (Lipinski definition) is 5. The lowest BCUT2D eigenvalue weighted by Gasteiger charge is -2.29. The first-order chi connectivity index (χ1) is 8.53. The van der Waals surface area contributed by atoms with E-state index >= 15 is 0 Å². The van der Waals surface area contributed by atoms with Gasteiger partial charge < -0.3 is 9.80 Å². The fourth-order valence-electron chi connectivity index (χ4n) is 2.08. The molecule has 0 saturated carbocycles. The fraction of sp³-hybridized carbons (Fsp3) is 0.692. The lowest BCUT2D eigenvalue weighted by molar-refractivity contribution is 0.112. The van der Waals surface area contributed by atoms with Crippen molar-refractivity contribution >= 4 is 22.8 Å². The second-order valence-corrected chi connectivity index (χ2v) is 5.69. The van der Waals surface area contributed by atoms with Crippen LogP contribution in [0.2, 0.25) is 0 Å². The maximum atomic E-state index is 11.0. The van der Waals surface area contributed by atoms with E-state index in [0.29, 0.717) is 6.04 Å². The molecule has 1 heterocycles. The zero-order valence-electron chi connectivity index (χ0n) is 11.9. The maximum absolute atomic E-state index is 11.0. The quantitative estimate of drug-likeness (QED) is 0.712. The van der Waals surface area contributed by atoms with Gasteiger partial charge in [0.2, 0.25) is 0 Å². The molecule has 0 radical (unpaired) electrons. The van der Waals surface area contributed by atoms with E-state index in [2.05, 4.69) is 42.7 Å². The van der Waals surface area contributed by atoms with E-state index in [4.69, 9.17) is 0 Å². The van der Waals surface area contributed by atoms with Gasteiger partial charge in [0.05, 0.1) is 10.6 Å². The van der Waals surface area contributed by atoms with Gasteiger partial charge in [-0.2, -0.15) is 0 Å². The van der Waals surface area contributed by atoms with Crippen LogP contribution < -0.4 is 4.90 Å². The average molecular weight is 269 g/mol. The maximum Gasteiger partial charge on any atom is 0.186 e. The Morgan fingerprint density at radius 2 is 2.06 bits per heavy atom. The third kappa shape index (κ3) is 3.53. The highest BCUT2D eigenvalue weighted by Crippen LogP contribution is 2.27. The SMILES string of the molecule is CCc1nc(N(CC)C(C)CN(C)C)sc1C=O. The molecule has 4 nitrogen and oxygen atoms in total. The molecule has 102 valence electrons. The number of carbonyl (C=O) groups excluding carboxylic acids is 1. The summed E-state index contributed by atoms with van der Waals surface area (Å²) < 4.78 is 0. The van der Waals surface area contributed by atoms with Crippen LogP contribution >= 0.6 is 11.3 Å². The van der Waals surface area contributed by atoms with Gasteiger partial charge in [-0.1, -0.05) is 18.3 Å². The summed E-state index contributed by atoms with van der Waals surface area (Å²) in [5.41, 5.74) is 0.917. The summed E-state index contributed by atoms with van der Waals surface area (Å²) in [5.74, 6) is 0. The third-order valence-electron chi connectivity index (χ3n) is 2.91. The molecule has 1 aromatic rings. The van der Waals surface area contributed by atoms with Crippen LogP contribution in [0.15, 0.2) is 0 Å². The number of aromatic nitrogens is 1. The number of aldehydes is 1. The lowest BCUT2D eigenvalue weighted by atomic mass is 10.3. The van der Waals surface area contributed by atoms with Crippen LogP contribution in [0.4, 0.5) is 5.13 Å². The van der Waals surface area contributed by atoms with Crippen molar-refractivity contribution in [1.82, 2.24) is 9.88 Å². The second-order valence-electron chi connectivity index (χ2n) is 4.68. The Labute approximate surface area is 114 Å². The molecule has 5 heteroatoms. The normalized spacial score (nSPS) is 12.8. The van der Waals surface area contributed by atoms with Crippen LogP contribution in [0, 0.1) is 0 Å². The van der Waals surface area contributed by atoms with Gasteiger partial charge in [0.1, 0.15) is 0 Å². The molecule has 1 unspecified atom stereocenters. The van der Waals surface area contributed by atoms with Crippen molar-refractivity contribution in [2.45, 2.75) is 33.2 Å². The second kappa shape index (κ2) is 6.85. The summed E-state index contributed by atoms with van der Waals surface area (Å²) >= 11 is 1.50. The molecule has 0 amide bonds. The van der Waals surface area contributed by atoms with Crippen LogP contribution in [0.1, 0.15) is 36.1 Å². The van der Waals surface area contributed by atoms with E-state index in [1.165, 1.54) is 11.3 Å². The molecule has 0 aromatic carbocycles. The summed E-state index contributed by atoms with van der Waals surface area (Å²) in [6.45, 7) is 8.23. The van der Waals surface area contributed by atoms with Crippen molar-refractivity contribution in [3.8, 4) is 0 Å². The van der Waals surface area contributed by atoms with E-state index in [1.54, 1.807) is 0 Å². The first-order valence-electron chi connectivity index (χ1n) is 6.39. The number of nitrogens with zero attached hydrogens (tertiary/aromatic N) is 3. The molecule has 18 heavy (non-hydrogen) atoms.